The van der Waals surface area contributed by atoms with E-state index in [2.05, 4.69) is 12.2 Å². The average molecular weight is 212 g/mol. The molecule has 15 heavy (non-hydrogen) atoms. The maximum absolute atomic E-state index is 11.9. The minimum atomic E-state index is -0.393. The molecule has 1 heterocycles. The summed E-state index contributed by atoms with van der Waals surface area (Å²) in [6.45, 7) is 7.02. The maximum Gasteiger partial charge on any atom is 0.244 e. The number of carbonyl (C=O) groups excluding carboxylic acids is 2. The molecular weight excluding hydrogens is 192 g/mol. The molecule has 0 aromatic heterocycles. The van der Waals surface area contributed by atoms with E-state index in [1.54, 1.807) is 6.92 Å². The minimum absolute atomic E-state index is 0.0390. The third-order valence-corrected chi connectivity index (χ3v) is 2.89. The highest BCUT2D eigenvalue weighted by molar-refractivity contribution is 5.86. The molecule has 1 N–H and O–H groups in total. The highest BCUT2D eigenvalue weighted by Crippen LogP contribution is 2.16. The van der Waals surface area contributed by atoms with Gasteiger partial charge in [0.1, 0.15) is 6.04 Å². The number of rotatable bonds is 2. The molecule has 1 unspecified atom stereocenters. The van der Waals surface area contributed by atoms with E-state index in [1.165, 1.54) is 6.92 Å². The van der Waals surface area contributed by atoms with Gasteiger partial charge < -0.3 is 10.2 Å². The summed E-state index contributed by atoms with van der Waals surface area (Å²) >= 11 is 0. The number of likely N-dealkylation sites (tertiary alicyclic amines) is 1. The standard InChI is InChI=1S/C11H20N2O2/c1-8-4-6-13(7-5-8)11(15)9(2)12-10(3)14/h8-9H,4-7H2,1-3H3,(H,12,14). The molecule has 0 aromatic rings. The Bertz CT molecular complexity index is 245. The fraction of sp³-hybridized carbons (Fsp3) is 0.818. The molecule has 1 aliphatic heterocycles. The molecule has 0 spiro atoms. The second-order valence-electron chi connectivity index (χ2n) is 4.43. The van der Waals surface area contributed by atoms with Crippen LogP contribution in [0.1, 0.15) is 33.6 Å². The zero-order valence-electron chi connectivity index (χ0n) is 9.75. The van der Waals surface area contributed by atoms with Crippen LogP contribution in [-0.4, -0.2) is 35.8 Å². The topological polar surface area (TPSA) is 49.4 Å². The monoisotopic (exact) mass is 212 g/mol. The van der Waals surface area contributed by atoms with E-state index in [1.807, 2.05) is 4.90 Å². The predicted molar refractivity (Wildman–Crippen MR) is 58.3 cm³/mol. The van der Waals surface area contributed by atoms with Gasteiger partial charge in [0.15, 0.2) is 0 Å². The summed E-state index contributed by atoms with van der Waals surface area (Å²) in [6.07, 6.45) is 2.14. The lowest BCUT2D eigenvalue weighted by atomic mass is 9.99. The summed E-state index contributed by atoms with van der Waals surface area (Å²) in [5, 5.41) is 2.62. The summed E-state index contributed by atoms with van der Waals surface area (Å²) in [5.41, 5.74) is 0. The van der Waals surface area contributed by atoms with Gasteiger partial charge in [-0.25, -0.2) is 0 Å². The fourth-order valence-corrected chi connectivity index (χ4v) is 1.87. The van der Waals surface area contributed by atoms with Crippen molar-refractivity contribution in [2.45, 2.75) is 39.7 Å². The quantitative estimate of drug-likeness (QED) is 0.735. The molecule has 86 valence electrons. The Morgan fingerprint density at radius 3 is 2.33 bits per heavy atom. The van der Waals surface area contributed by atoms with Gasteiger partial charge in [-0.1, -0.05) is 6.92 Å². The zero-order valence-corrected chi connectivity index (χ0v) is 9.75. The van der Waals surface area contributed by atoms with Gasteiger partial charge in [0, 0.05) is 20.0 Å². The highest BCUT2D eigenvalue weighted by Gasteiger charge is 2.24. The first kappa shape index (κ1) is 12.0. The second-order valence-corrected chi connectivity index (χ2v) is 4.43. The number of carbonyl (C=O) groups is 2. The second kappa shape index (κ2) is 5.14. The van der Waals surface area contributed by atoms with Crippen molar-refractivity contribution in [3.63, 3.8) is 0 Å². The summed E-state index contributed by atoms with van der Waals surface area (Å²) in [4.78, 5) is 24.5. The van der Waals surface area contributed by atoms with Gasteiger partial charge >= 0.3 is 0 Å². The Balaban J connectivity index is 2.42. The molecule has 0 saturated carbocycles. The van der Waals surface area contributed by atoms with Gasteiger partial charge in [-0.15, -0.1) is 0 Å². The van der Waals surface area contributed by atoms with Gasteiger partial charge in [0.2, 0.25) is 11.8 Å². The van der Waals surface area contributed by atoms with Crippen molar-refractivity contribution in [2.75, 3.05) is 13.1 Å². The van der Waals surface area contributed by atoms with Gasteiger partial charge in [-0.2, -0.15) is 0 Å². The molecule has 1 atom stereocenters. The van der Waals surface area contributed by atoms with Crippen molar-refractivity contribution < 1.29 is 9.59 Å². The normalized spacial score (nSPS) is 19.8. The zero-order chi connectivity index (χ0) is 11.4. The van der Waals surface area contributed by atoms with E-state index in [9.17, 15) is 9.59 Å². The van der Waals surface area contributed by atoms with Crippen molar-refractivity contribution in [1.29, 1.82) is 0 Å². The smallest absolute Gasteiger partial charge is 0.244 e. The third-order valence-electron chi connectivity index (χ3n) is 2.89. The molecule has 4 heteroatoms. The third kappa shape index (κ3) is 3.53. The Labute approximate surface area is 91.0 Å². The van der Waals surface area contributed by atoms with Gasteiger partial charge in [-0.05, 0) is 25.7 Å². The van der Waals surface area contributed by atoms with E-state index in [0.29, 0.717) is 5.92 Å². The molecule has 1 rings (SSSR count). The number of hydrogen-bond acceptors (Lipinski definition) is 2. The Hall–Kier alpha value is -1.06. The predicted octanol–water partition coefficient (Wildman–Crippen LogP) is 0.769. The van der Waals surface area contributed by atoms with Crippen LogP contribution in [0.3, 0.4) is 0 Å². The van der Waals surface area contributed by atoms with Crippen LogP contribution >= 0.6 is 0 Å². The summed E-state index contributed by atoms with van der Waals surface area (Å²) in [7, 11) is 0. The molecule has 0 radical (unpaired) electrons. The van der Waals surface area contributed by atoms with Crippen LogP contribution in [-0.2, 0) is 9.59 Å². The van der Waals surface area contributed by atoms with Crippen LogP contribution < -0.4 is 5.32 Å². The summed E-state index contributed by atoms with van der Waals surface area (Å²) in [5.74, 6) is 0.600. The van der Waals surface area contributed by atoms with E-state index >= 15 is 0 Å². The molecule has 2 amide bonds. The first-order valence-electron chi connectivity index (χ1n) is 5.56. The van der Waals surface area contributed by atoms with Crippen molar-refractivity contribution in [3.05, 3.63) is 0 Å². The number of nitrogens with zero attached hydrogens (tertiary/aromatic N) is 1. The molecule has 1 saturated heterocycles. The average Bonchev–Trinajstić information content (AvgIpc) is 2.17. The Kier molecular flexibility index (Phi) is 4.12. The number of nitrogens with one attached hydrogen (secondary N) is 1. The lowest BCUT2D eigenvalue weighted by Crippen LogP contribution is -2.48. The van der Waals surface area contributed by atoms with E-state index in [0.717, 1.165) is 25.9 Å². The molecule has 0 bridgehead atoms. The molecule has 0 aromatic carbocycles. The van der Waals surface area contributed by atoms with E-state index in [-0.39, 0.29) is 11.8 Å². The maximum atomic E-state index is 11.9. The molecule has 1 aliphatic rings. The number of piperidine rings is 1. The van der Waals surface area contributed by atoms with Crippen LogP contribution in [0.25, 0.3) is 0 Å². The lowest BCUT2D eigenvalue weighted by molar-refractivity contribution is -0.136. The van der Waals surface area contributed by atoms with Crippen LogP contribution in [0.4, 0.5) is 0 Å². The van der Waals surface area contributed by atoms with Crippen LogP contribution in [0.5, 0.6) is 0 Å². The van der Waals surface area contributed by atoms with E-state index in [4.69, 9.17) is 0 Å². The molecule has 4 nitrogen and oxygen atoms in total. The van der Waals surface area contributed by atoms with Crippen LogP contribution in [0, 0.1) is 5.92 Å². The fourth-order valence-electron chi connectivity index (χ4n) is 1.87. The van der Waals surface area contributed by atoms with Crippen LogP contribution in [0.15, 0.2) is 0 Å². The van der Waals surface area contributed by atoms with Crippen molar-refractivity contribution in [3.8, 4) is 0 Å². The molecule has 0 aliphatic carbocycles. The first-order valence-corrected chi connectivity index (χ1v) is 5.56. The van der Waals surface area contributed by atoms with E-state index < -0.39 is 6.04 Å². The van der Waals surface area contributed by atoms with Gasteiger partial charge in [0.25, 0.3) is 0 Å². The largest absolute Gasteiger partial charge is 0.345 e. The Morgan fingerprint density at radius 1 is 1.33 bits per heavy atom. The SMILES string of the molecule is CC(=O)NC(C)C(=O)N1CCC(C)CC1. The van der Waals surface area contributed by atoms with Crippen molar-refractivity contribution >= 4 is 11.8 Å². The first-order chi connectivity index (χ1) is 7.00. The Morgan fingerprint density at radius 2 is 1.87 bits per heavy atom. The molecule has 1 fully saturated rings. The van der Waals surface area contributed by atoms with Crippen LogP contribution in [0.2, 0.25) is 0 Å². The number of amides is 2. The molecular formula is C11H20N2O2. The van der Waals surface area contributed by atoms with Gasteiger partial charge in [0.05, 0.1) is 0 Å². The van der Waals surface area contributed by atoms with Crippen molar-refractivity contribution in [2.24, 2.45) is 5.92 Å². The summed E-state index contributed by atoms with van der Waals surface area (Å²) < 4.78 is 0. The minimum Gasteiger partial charge on any atom is -0.345 e. The van der Waals surface area contributed by atoms with Crippen molar-refractivity contribution in [1.82, 2.24) is 10.2 Å². The van der Waals surface area contributed by atoms with Gasteiger partial charge in [-0.3, -0.25) is 9.59 Å². The number of hydrogen-bond donors (Lipinski definition) is 1. The summed E-state index contributed by atoms with van der Waals surface area (Å²) in [6, 6.07) is -0.393. The highest BCUT2D eigenvalue weighted by atomic mass is 16.2. The lowest BCUT2D eigenvalue weighted by Gasteiger charge is -2.32.